The third-order valence-corrected chi connectivity index (χ3v) is 5.23. The van der Waals surface area contributed by atoms with Crippen LogP contribution in [0.4, 0.5) is 5.69 Å². The van der Waals surface area contributed by atoms with Crippen LogP contribution in [0.3, 0.4) is 0 Å². The summed E-state index contributed by atoms with van der Waals surface area (Å²) in [6, 6.07) is 13.1. The maximum Gasteiger partial charge on any atom is 0.243 e. The van der Waals surface area contributed by atoms with Gasteiger partial charge in [0.05, 0.1) is 6.54 Å². The van der Waals surface area contributed by atoms with Gasteiger partial charge in [-0.05, 0) is 37.1 Å². The van der Waals surface area contributed by atoms with Crippen molar-refractivity contribution in [2.75, 3.05) is 31.6 Å². The van der Waals surface area contributed by atoms with Gasteiger partial charge in [-0.25, -0.2) is 0 Å². The molecule has 0 saturated carbocycles. The molecule has 28 heavy (non-hydrogen) atoms. The lowest BCUT2D eigenvalue weighted by Crippen LogP contribution is -2.38. The SMILES string of the molecule is CCN(CC(=O)Nc1ccc2c(c1)OCCO2)C(=O)CCc1ccccc1Br. The summed E-state index contributed by atoms with van der Waals surface area (Å²) in [6.45, 7) is 3.36. The number of benzene rings is 2. The van der Waals surface area contributed by atoms with Crippen LogP contribution >= 0.6 is 15.9 Å². The highest BCUT2D eigenvalue weighted by atomic mass is 79.9. The molecule has 0 spiro atoms. The van der Waals surface area contributed by atoms with Crippen LogP contribution in [0.5, 0.6) is 11.5 Å². The summed E-state index contributed by atoms with van der Waals surface area (Å²) in [7, 11) is 0. The Balaban J connectivity index is 1.54. The second kappa shape index (κ2) is 9.59. The molecule has 0 saturated heterocycles. The fourth-order valence-electron chi connectivity index (χ4n) is 2.97. The van der Waals surface area contributed by atoms with Gasteiger partial charge in [-0.1, -0.05) is 34.1 Å². The molecule has 1 aliphatic rings. The van der Waals surface area contributed by atoms with Crippen molar-refractivity contribution < 1.29 is 19.1 Å². The number of aryl methyl sites for hydroxylation is 1. The minimum atomic E-state index is -0.243. The predicted molar refractivity (Wildman–Crippen MR) is 111 cm³/mol. The number of amides is 2. The van der Waals surface area contributed by atoms with Crippen molar-refractivity contribution in [3.8, 4) is 11.5 Å². The van der Waals surface area contributed by atoms with Crippen molar-refractivity contribution in [3.63, 3.8) is 0 Å². The molecule has 1 N–H and O–H groups in total. The highest BCUT2D eigenvalue weighted by Gasteiger charge is 2.17. The third-order valence-electron chi connectivity index (χ3n) is 4.46. The fourth-order valence-corrected chi connectivity index (χ4v) is 3.46. The van der Waals surface area contributed by atoms with Gasteiger partial charge >= 0.3 is 0 Å². The quantitative estimate of drug-likeness (QED) is 0.704. The topological polar surface area (TPSA) is 67.9 Å². The van der Waals surface area contributed by atoms with Crippen LogP contribution in [-0.2, 0) is 16.0 Å². The lowest BCUT2D eigenvalue weighted by molar-refractivity contribution is -0.134. The molecule has 0 bridgehead atoms. The molecular weight excluding hydrogens is 424 g/mol. The zero-order chi connectivity index (χ0) is 19.9. The average molecular weight is 447 g/mol. The Bertz CT molecular complexity index is 856. The predicted octanol–water partition coefficient (Wildman–Crippen LogP) is 3.64. The molecular formula is C21H23BrN2O4. The van der Waals surface area contributed by atoms with E-state index in [2.05, 4.69) is 21.2 Å². The highest BCUT2D eigenvalue weighted by Crippen LogP contribution is 2.32. The summed E-state index contributed by atoms with van der Waals surface area (Å²) in [5.74, 6) is 0.992. The normalized spacial score (nSPS) is 12.4. The molecule has 7 heteroatoms. The fraction of sp³-hybridized carbons (Fsp3) is 0.333. The smallest absolute Gasteiger partial charge is 0.243 e. The van der Waals surface area contributed by atoms with Crippen LogP contribution in [0.15, 0.2) is 46.9 Å². The summed E-state index contributed by atoms with van der Waals surface area (Å²) in [4.78, 5) is 26.5. The maximum absolute atomic E-state index is 12.5. The van der Waals surface area contributed by atoms with Crippen LogP contribution in [0, 0.1) is 0 Å². The number of fused-ring (bicyclic) bond motifs is 1. The van der Waals surface area contributed by atoms with Gasteiger partial charge in [0.15, 0.2) is 11.5 Å². The molecule has 0 radical (unpaired) electrons. The monoisotopic (exact) mass is 446 g/mol. The van der Waals surface area contributed by atoms with Crippen LogP contribution < -0.4 is 14.8 Å². The van der Waals surface area contributed by atoms with Crippen molar-refractivity contribution in [2.45, 2.75) is 19.8 Å². The summed E-state index contributed by atoms with van der Waals surface area (Å²) in [6.07, 6.45) is 0.980. The largest absolute Gasteiger partial charge is 0.486 e. The first-order valence-corrected chi connectivity index (χ1v) is 10.1. The molecule has 148 valence electrons. The number of carbonyl (C=O) groups is 2. The summed E-state index contributed by atoms with van der Waals surface area (Å²) < 4.78 is 12.0. The Kier molecular flexibility index (Phi) is 6.92. The number of likely N-dealkylation sites (N-methyl/N-ethyl adjacent to an activating group) is 1. The zero-order valence-corrected chi connectivity index (χ0v) is 17.3. The molecule has 0 atom stereocenters. The average Bonchev–Trinajstić information content (AvgIpc) is 2.71. The Morgan fingerprint density at radius 3 is 2.61 bits per heavy atom. The van der Waals surface area contributed by atoms with Gasteiger partial charge in [0.2, 0.25) is 11.8 Å². The van der Waals surface area contributed by atoms with E-state index in [4.69, 9.17) is 9.47 Å². The number of hydrogen-bond donors (Lipinski definition) is 1. The first kappa shape index (κ1) is 20.2. The van der Waals surface area contributed by atoms with Crippen LogP contribution in [0.1, 0.15) is 18.9 Å². The van der Waals surface area contributed by atoms with E-state index in [-0.39, 0.29) is 18.4 Å². The number of carbonyl (C=O) groups excluding carboxylic acids is 2. The van der Waals surface area contributed by atoms with Gasteiger partial charge in [-0.3, -0.25) is 9.59 Å². The Hall–Kier alpha value is -2.54. The molecule has 0 aliphatic carbocycles. The van der Waals surface area contributed by atoms with Gasteiger partial charge in [-0.15, -0.1) is 0 Å². The molecule has 3 rings (SSSR count). The van der Waals surface area contributed by atoms with Gasteiger partial charge in [-0.2, -0.15) is 0 Å². The van der Waals surface area contributed by atoms with Gasteiger partial charge < -0.3 is 19.7 Å². The van der Waals surface area contributed by atoms with Gasteiger partial charge in [0.1, 0.15) is 13.2 Å². The molecule has 1 aliphatic heterocycles. The van der Waals surface area contributed by atoms with E-state index >= 15 is 0 Å². The summed E-state index contributed by atoms with van der Waals surface area (Å²) >= 11 is 3.50. The highest BCUT2D eigenvalue weighted by molar-refractivity contribution is 9.10. The lowest BCUT2D eigenvalue weighted by atomic mass is 10.1. The van der Waals surface area contributed by atoms with E-state index in [9.17, 15) is 9.59 Å². The van der Waals surface area contributed by atoms with E-state index in [1.165, 1.54) is 0 Å². The van der Waals surface area contributed by atoms with E-state index in [1.807, 2.05) is 31.2 Å². The Morgan fingerprint density at radius 2 is 1.86 bits per heavy atom. The molecule has 2 aromatic carbocycles. The van der Waals surface area contributed by atoms with E-state index in [0.29, 0.717) is 49.8 Å². The minimum Gasteiger partial charge on any atom is -0.486 e. The van der Waals surface area contributed by atoms with Crippen molar-refractivity contribution in [3.05, 3.63) is 52.5 Å². The standard InChI is InChI=1S/C21H23BrN2O4/c1-2-24(21(26)10-7-15-5-3-4-6-17(15)22)14-20(25)23-16-8-9-18-19(13-16)28-12-11-27-18/h3-6,8-9,13H,2,7,10-12,14H2,1H3,(H,23,25). The molecule has 2 aromatic rings. The van der Waals surface area contributed by atoms with Crippen molar-refractivity contribution in [1.29, 1.82) is 0 Å². The minimum absolute atomic E-state index is 0.0136. The first-order valence-electron chi connectivity index (χ1n) is 9.27. The number of hydrogen-bond acceptors (Lipinski definition) is 4. The number of nitrogens with one attached hydrogen (secondary N) is 1. The van der Waals surface area contributed by atoms with Gasteiger partial charge in [0, 0.05) is 29.2 Å². The van der Waals surface area contributed by atoms with E-state index in [1.54, 1.807) is 23.1 Å². The maximum atomic E-state index is 12.5. The third kappa shape index (κ3) is 5.25. The van der Waals surface area contributed by atoms with E-state index < -0.39 is 0 Å². The van der Waals surface area contributed by atoms with Crippen molar-refractivity contribution in [2.24, 2.45) is 0 Å². The van der Waals surface area contributed by atoms with E-state index in [0.717, 1.165) is 10.0 Å². The van der Waals surface area contributed by atoms with Crippen LogP contribution in [-0.4, -0.2) is 43.0 Å². The molecule has 0 fully saturated rings. The second-order valence-electron chi connectivity index (χ2n) is 6.41. The molecule has 6 nitrogen and oxygen atoms in total. The molecule has 2 amide bonds. The summed E-state index contributed by atoms with van der Waals surface area (Å²) in [5, 5.41) is 2.82. The molecule has 1 heterocycles. The number of halogens is 1. The molecule has 0 unspecified atom stereocenters. The van der Waals surface area contributed by atoms with Crippen LogP contribution in [0.2, 0.25) is 0 Å². The second-order valence-corrected chi connectivity index (χ2v) is 7.26. The summed E-state index contributed by atoms with van der Waals surface area (Å²) in [5.41, 5.74) is 1.69. The Morgan fingerprint density at radius 1 is 1.11 bits per heavy atom. The number of nitrogens with zero attached hydrogens (tertiary/aromatic N) is 1. The Labute approximate surface area is 172 Å². The molecule has 0 aromatic heterocycles. The van der Waals surface area contributed by atoms with Crippen molar-refractivity contribution in [1.82, 2.24) is 4.90 Å². The number of rotatable bonds is 7. The number of anilines is 1. The van der Waals surface area contributed by atoms with Crippen LogP contribution in [0.25, 0.3) is 0 Å². The number of ether oxygens (including phenoxy) is 2. The first-order chi connectivity index (χ1) is 13.6. The zero-order valence-electron chi connectivity index (χ0n) is 15.7. The van der Waals surface area contributed by atoms with Crippen molar-refractivity contribution >= 4 is 33.4 Å². The lowest BCUT2D eigenvalue weighted by Gasteiger charge is -2.21. The van der Waals surface area contributed by atoms with Gasteiger partial charge in [0.25, 0.3) is 0 Å².